The van der Waals surface area contributed by atoms with Gasteiger partial charge in [-0.05, 0) is 40.2 Å². The standard InChI is InChI=1S/C12H25NO2/c1-5-13-11(9-14-10(2)3)12(4)7-6-8-15-12/h10-11,13H,5-9H2,1-4H3. The third-order valence-electron chi connectivity index (χ3n) is 3.03. The van der Waals surface area contributed by atoms with Crippen LogP contribution in [-0.2, 0) is 9.47 Å². The summed E-state index contributed by atoms with van der Waals surface area (Å²) in [6, 6.07) is 0.312. The van der Waals surface area contributed by atoms with Gasteiger partial charge in [0.1, 0.15) is 0 Å². The Morgan fingerprint density at radius 1 is 1.47 bits per heavy atom. The minimum absolute atomic E-state index is 0.0368. The third-order valence-corrected chi connectivity index (χ3v) is 3.03. The van der Waals surface area contributed by atoms with Gasteiger partial charge in [0, 0.05) is 6.61 Å². The van der Waals surface area contributed by atoms with E-state index in [0.717, 1.165) is 26.2 Å². The molecule has 2 atom stereocenters. The first kappa shape index (κ1) is 12.9. The van der Waals surface area contributed by atoms with Crippen LogP contribution in [0.1, 0.15) is 40.5 Å². The average Bonchev–Trinajstić information content (AvgIpc) is 2.60. The van der Waals surface area contributed by atoms with Gasteiger partial charge in [0.05, 0.1) is 24.4 Å². The Kier molecular flexibility index (Phi) is 5.03. The predicted molar refractivity (Wildman–Crippen MR) is 62.1 cm³/mol. The predicted octanol–water partition coefficient (Wildman–Crippen LogP) is 1.96. The lowest BCUT2D eigenvalue weighted by molar-refractivity contribution is -0.0483. The quantitative estimate of drug-likeness (QED) is 0.734. The maximum atomic E-state index is 5.84. The Morgan fingerprint density at radius 3 is 2.67 bits per heavy atom. The molecule has 0 aromatic carbocycles. The van der Waals surface area contributed by atoms with Crippen molar-refractivity contribution in [2.45, 2.75) is 58.3 Å². The molecule has 1 aliphatic rings. The normalized spacial score (nSPS) is 28.6. The van der Waals surface area contributed by atoms with Crippen molar-refractivity contribution < 1.29 is 9.47 Å². The molecule has 1 saturated heterocycles. The molecule has 90 valence electrons. The molecule has 15 heavy (non-hydrogen) atoms. The molecule has 0 bridgehead atoms. The molecule has 1 N–H and O–H groups in total. The first-order valence-electron chi connectivity index (χ1n) is 6.07. The van der Waals surface area contributed by atoms with Gasteiger partial charge in [0.2, 0.25) is 0 Å². The molecule has 0 aromatic heterocycles. The molecular formula is C12H25NO2. The largest absolute Gasteiger partial charge is 0.377 e. The number of hydrogen-bond acceptors (Lipinski definition) is 3. The first-order chi connectivity index (χ1) is 7.08. The summed E-state index contributed by atoms with van der Waals surface area (Å²) in [6.45, 7) is 11.0. The van der Waals surface area contributed by atoms with Gasteiger partial charge in [-0.3, -0.25) is 0 Å². The van der Waals surface area contributed by atoms with Crippen LogP contribution in [0.4, 0.5) is 0 Å². The summed E-state index contributed by atoms with van der Waals surface area (Å²) in [5.41, 5.74) is -0.0368. The van der Waals surface area contributed by atoms with Crippen LogP contribution in [0, 0.1) is 0 Å². The molecule has 1 fully saturated rings. The number of hydrogen-bond donors (Lipinski definition) is 1. The summed E-state index contributed by atoms with van der Waals surface area (Å²) in [7, 11) is 0. The highest BCUT2D eigenvalue weighted by Crippen LogP contribution is 2.28. The van der Waals surface area contributed by atoms with Gasteiger partial charge in [-0.2, -0.15) is 0 Å². The van der Waals surface area contributed by atoms with Gasteiger partial charge in [0.15, 0.2) is 0 Å². The van der Waals surface area contributed by atoms with Crippen molar-refractivity contribution in [2.75, 3.05) is 19.8 Å². The third kappa shape index (κ3) is 3.74. The van der Waals surface area contributed by atoms with Gasteiger partial charge in [-0.1, -0.05) is 6.92 Å². The molecule has 1 aliphatic heterocycles. The summed E-state index contributed by atoms with van der Waals surface area (Å²) >= 11 is 0. The molecule has 1 heterocycles. The lowest BCUT2D eigenvalue weighted by atomic mass is 9.93. The molecule has 1 rings (SSSR count). The molecule has 0 saturated carbocycles. The highest BCUT2D eigenvalue weighted by atomic mass is 16.5. The topological polar surface area (TPSA) is 30.5 Å². The van der Waals surface area contributed by atoms with Gasteiger partial charge in [0.25, 0.3) is 0 Å². The summed E-state index contributed by atoms with van der Waals surface area (Å²) in [5.74, 6) is 0. The number of ether oxygens (including phenoxy) is 2. The van der Waals surface area contributed by atoms with E-state index in [4.69, 9.17) is 9.47 Å². The summed E-state index contributed by atoms with van der Waals surface area (Å²) < 4.78 is 11.5. The van der Waals surface area contributed by atoms with Gasteiger partial charge in [-0.15, -0.1) is 0 Å². The fraction of sp³-hybridized carbons (Fsp3) is 1.00. The van der Waals surface area contributed by atoms with Crippen molar-refractivity contribution >= 4 is 0 Å². The molecule has 0 radical (unpaired) electrons. The summed E-state index contributed by atoms with van der Waals surface area (Å²) in [4.78, 5) is 0. The Labute approximate surface area is 93.5 Å². The van der Waals surface area contributed by atoms with E-state index in [9.17, 15) is 0 Å². The van der Waals surface area contributed by atoms with Crippen LogP contribution < -0.4 is 5.32 Å². The smallest absolute Gasteiger partial charge is 0.0830 e. The van der Waals surface area contributed by atoms with E-state index in [-0.39, 0.29) is 11.7 Å². The Bertz CT molecular complexity index is 176. The average molecular weight is 215 g/mol. The number of rotatable bonds is 6. The molecular weight excluding hydrogens is 190 g/mol. The Balaban J connectivity index is 2.48. The maximum Gasteiger partial charge on any atom is 0.0830 e. The Morgan fingerprint density at radius 2 is 2.20 bits per heavy atom. The Hall–Kier alpha value is -0.120. The molecule has 2 unspecified atom stereocenters. The SMILES string of the molecule is CCNC(COC(C)C)C1(C)CCCO1. The second kappa shape index (κ2) is 5.83. The van der Waals surface area contributed by atoms with Crippen molar-refractivity contribution in [1.82, 2.24) is 5.32 Å². The van der Waals surface area contributed by atoms with E-state index >= 15 is 0 Å². The lowest BCUT2D eigenvalue weighted by Gasteiger charge is -2.34. The van der Waals surface area contributed by atoms with E-state index < -0.39 is 0 Å². The molecule has 0 aliphatic carbocycles. The summed E-state index contributed by atoms with van der Waals surface area (Å²) in [5, 5.41) is 3.47. The van der Waals surface area contributed by atoms with E-state index in [1.165, 1.54) is 6.42 Å². The number of nitrogens with one attached hydrogen (secondary N) is 1. The van der Waals surface area contributed by atoms with Gasteiger partial charge < -0.3 is 14.8 Å². The zero-order chi connectivity index (χ0) is 11.3. The van der Waals surface area contributed by atoms with Crippen LogP contribution in [0.3, 0.4) is 0 Å². The highest BCUT2D eigenvalue weighted by Gasteiger charge is 2.38. The van der Waals surface area contributed by atoms with Crippen LogP contribution in [0.15, 0.2) is 0 Å². The zero-order valence-electron chi connectivity index (χ0n) is 10.5. The van der Waals surface area contributed by atoms with E-state index in [1.807, 2.05) is 0 Å². The highest BCUT2D eigenvalue weighted by molar-refractivity contribution is 4.92. The van der Waals surface area contributed by atoms with Gasteiger partial charge in [-0.25, -0.2) is 0 Å². The van der Waals surface area contributed by atoms with E-state index in [0.29, 0.717) is 6.04 Å². The fourth-order valence-electron chi connectivity index (χ4n) is 2.06. The van der Waals surface area contributed by atoms with Crippen molar-refractivity contribution in [1.29, 1.82) is 0 Å². The molecule has 3 heteroatoms. The summed E-state index contributed by atoms with van der Waals surface area (Å²) in [6.07, 6.45) is 2.59. The van der Waals surface area contributed by atoms with Crippen molar-refractivity contribution in [3.8, 4) is 0 Å². The van der Waals surface area contributed by atoms with Crippen LogP contribution >= 0.6 is 0 Å². The number of likely N-dealkylation sites (N-methyl/N-ethyl adjacent to an activating group) is 1. The van der Waals surface area contributed by atoms with Crippen LogP contribution in [0.25, 0.3) is 0 Å². The monoisotopic (exact) mass is 215 g/mol. The lowest BCUT2D eigenvalue weighted by Crippen LogP contribution is -2.51. The second-order valence-electron chi connectivity index (χ2n) is 4.76. The van der Waals surface area contributed by atoms with Crippen LogP contribution in [-0.4, -0.2) is 37.5 Å². The molecule has 0 amide bonds. The minimum atomic E-state index is -0.0368. The zero-order valence-corrected chi connectivity index (χ0v) is 10.5. The van der Waals surface area contributed by atoms with Gasteiger partial charge >= 0.3 is 0 Å². The fourth-order valence-corrected chi connectivity index (χ4v) is 2.06. The first-order valence-corrected chi connectivity index (χ1v) is 6.07. The second-order valence-corrected chi connectivity index (χ2v) is 4.76. The van der Waals surface area contributed by atoms with Crippen LogP contribution in [0.5, 0.6) is 0 Å². The van der Waals surface area contributed by atoms with Crippen molar-refractivity contribution in [3.05, 3.63) is 0 Å². The van der Waals surface area contributed by atoms with Crippen LogP contribution in [0.2, 0.25) is 0 Å². The molecule has 0 aromatic rings. The van der Waals surface area contributed by atoms with Crippen molar-refractivity contribution in [2.24, 2.45) is 0 Å². The molecule has 3 nitrogen and oxygen atoms in total. The minimum Gasteiger partial charge on any atom is -0.377 e. The molecule has 0 spiro atoms. The maximum absolute atomic E-state index is 5.84. The van der Waals surface area contributed by atoms with E-state index in [1.54, 1.807) is 0 Å². The van der Waals surface area contributed by atoms with E-state index in [2.05, 4.69) is 33.0 Å². The van der Waals surface area contributed by atoms with Crippen molar-refractivity contribution in [3.63, 3.8) is 0 Å².